The van der Waals surface area contributed by atoms with Gasteiger partial charge in [0, 0.05) is 29.6 Å². The molecule has 1 N–H and O–H groups in total. The van der Waals surface area contributed by atoms with E-state index in [9.17, 15) is 18.0 Å². The van der Waals surface area contributed by atoms with Crippen molar-refractivity contribution in [2.45, 2.75) is 37.8 Å². The molecule has 0 aliphatic carbocycles. The zero-order valence-corrected chi connectivity index (χ0v) is 28.2. The summed E-state index contributed by atoms with van der Waals surface area (Å²) in [5.41, 5.74) is 1.59. The molecule has 0 heterocycles. The molecule has 1 atom stereocenters. The predicted molar refractivity (Wildman–Crippen MR) is 183 cm³/mol. The lowest BCUT2D eigenvalue weighted by molar-refractivity contribution is -0.140. The lowest BCUT2D eigenvalue weighted by atomic mass is 10.0. The maximum absolute atomic E-state index is 14.6. The Morgan fingerprint density at radius 3 is 2.09 bits per heavy atom. The summed E-state index contributed by atoms with van der Waals surface area (Å²) in [6.45, 7) is 3.71. The fourth-order valence-electron chi connectivity index (χ4n) is 4.90. The number of sulfonamides is 1. The van der Waals surface area contributed by atoms with E-state index in [1.165, 1.54) is 36.3 Å². The Labute approximate surface area is 280 Å². The average molecular weight is 683 g/mol. The highest BCUT2D eigenvalue weighted by atomic mass is 35.5. The van der Waals surface area contributed by atoms with Crippen LogP contribution in [0.25, 0.3) is 0 Å². The smallest absolute Gasteiger partial charge is 0.264 e. The van der Waals surface area contributed by atoms with Crippen molar-refractivity contribution in [1.29, 1.82) is 0 Å². The number of methoxy groups -OCH3 is 1. The van der Waals surface area contributed by atoms with E-state index in [2.05, 4.69) is 5.32 Å². The molecule has 2 amide bonds. The first-order valence-corrected chi connectivity index (χ1v) is 17.0. The van der Waals surface area contributed by atoms with Crippen molar-refractivity contribution in [3.05, 3.63) is 124 Å². The van der Waals surface area contributed by atoms with Gasteiger partial charge in [-0.05, 0) is 59.5 Å². The number of nitrogens with one attached hydrogen (secondary N) is 1. The van der Waals surface area contributed by atoms with Gasteiger partial charge >= 0.3 is 0 Å². The second-order valence-electron chi connectivity index (χ2n) is 11.1. The van der Waals surface area contributed by atoms with Gasteiger partial charge in [-0.15, -0.1) is 0 Å². The summed E-state index contributed by atoms with van der Waals surface area (Å²) >= 11 is 12.6. The van der Waals surface area contributed by atoms with Crippen LogP contribution in [0.5, 0.6) is 5.75 Å². The fourth-order valence-corrected chi connectivity index (χ4v) is 6.72. The first-order chi connectivity index (χ1) is 22.0. The molecule has 0 bridgehead atoms. The maximum Gasteiger partial charge on any atom is 0.264 e. The van der Waals surface area contributed by atoms with Crippen LogP contribution in [0.2, 0.25) is 10.0 Å². The van der Waals surface area contributed by atoms with Gasteiger partial charge in [0.2, 0.25) is 11.8 Å². The van der Waals surface area contributed by atoms with E-state index in [0.717, 1.165) is 9.87 Å². The first-order valence-electron chi connectivity index (χ1n) is 14.8. The van der Waals surface area contributed by atoms with Gasteiger partial charge in [0.25, 0.3) is 10.0 Å². The van der Waals surface area contributed by atoms with Crippen molar-refractivity contribution >= 4 is 50.7 Å². The molecule has 0 unspecified atom stereocenters. The van der Waals surface area contributed by atoms with Crippen molar-refractivity contribution in [3.8, 4) is 5.75 Å². The summed E-state index contributed by atoms with van der Waals surface area (Å²) < 4.78 is 34.9. The number of carbonyl (C=O) groups excluding carboxylic acids is 2. The molecule has 46 heavy (non-hydrogen) atoms. The van der Waals surface area contributed by atoms with Gasteiger partial charge in [-0.1, -0.05) is 97.7 Å². The predicted octanol–water partition coefficient (Wildman–Crippen LogP) is 6.61. The molecule has 8 nitrogen and oxygen atoms in total. The van der Waals surface area contributed by atoms with Crippen LogP contribution >= 0.6 is 23.2 Å². The number of carbonyl (C=O) groups is 2. The second kappa shape index (κ2) is 16.0. The quantitative estimate of drug-likeness (QED) is 0.162. The van der Waals surface area contributed by atoms with Crippen LogP contribution in [0.15, 0.2) is 108 Å². The molecule has 4 aromatic carbocycles. The molecule has 0 aliphatic heterocycles. The molecule has 4 aromatic rings. The molecule has 0 aliphatic rings. The number of amides is 2. The van der Waals surface area contributed by atoms with E-state index in [4.69, 9.17) is 27.9 Å². The number of ether oxygens (including phenoxy) is 1. The van der Waals surface area contributed by atoms with Gasteiger partial charge < -0.3 is 15.0 Å². The van der Waals surface area contributed by atoms with Gasteiger partial charge in [-0.25, -0.2) is 8.42 Å². The summed E-state index contributed by atoms with van der Waals surface area (Å²) in [5, 5.41) is 3.69. The Kier molecular flexibility index (Phi) is 12.1. The Balaban J connectivity index is 1.84. The van der Waals surface area contributed by atoms with E-state index in [1.807, 2.05) is 44.2 Å². The standard InChI is InChI=1S/C35H37Cl2N3O5S/c1-25(2)22-38-35(42)32(20-26-11-6-4-7-12-26)39(23-27-13-10-14-28(36)19-27)34(41)24-40(31-21-29(37)17-18-33(31)45-3)46(43,44)30-15-8-5-9-16-30/h4-19,21,25,32H,20,22-24H2,1-3H3,(H,38,42)/t32-/m1/s1. The zero-order valence-electron chi connectivity index (χ0n) is 25.9. The van der Waals surface area contributed by atoms with E-state index in [0.29, 0.717) is 17.1 Å². The van der Waals surface area contributed by atoms with Gasteiger partial charge in [0.15, 0.2) is 0 Å². The van der Waals surface area contributed by atoms with Gasteiger partial charge in [0.1, 0.15) is 18.3 Å². The Hall–Kier alpha value is -4.05. The molecule has 0 radical (unpaired) electrons. The van der Waals surface area contributed by atoms with Gasteiger partial charge in [-0.3, -0.25) is 13.9 Å². The van der Waals surface area contributed by atoms with Crippen molar-refractivity contribution in [2.24, 2.45) is 5.92 Å². The third kappa shape index (κ3) is 9.02. The highest BCUT2D eigenvalue weighted by Gasteiger charge is 2.35. The number of halogens is 2. The number of nitrogens with zero attached hydrogens (tertiary/aromatic N) is 2. The number of hydrogen-bond donors (Lipinski definition) is 1. The first kappa shape index (κ1) is 34.8. The summed E-state index contributed by atoms with van der Waals surface area (Å²) in [5.74, 6) is -0.596. The lowest BCUT2D eigenvalue weighted by Gasteiger charge is -2.34. The number of rotatable bonds is 14. The van der Waals surface area contributed by atoms with Crippen LogP contribution in [0, 0.1) is 5.92 Å². The minimum Gasteiger partial charge on any atom is -0.495 e. The lowest BCUT2D eigenvalue weighted by Crippen LogP contribution is -2.53. The zero-order chi connectivity index (χ0) is 33.3. The van der Waals surface area contributed by atoms with Crippen molar-refractivity contribution in [1.82, 2.24) is 10.2 Å². The Bertz CT molecular complexity index is 1740. The third-order valence-corrected chi connectivity index (χ3v) is 9.46. The van der Waals surface area contributed by atoms with Crippen LogP contribution in [0.1, 0.15) is 25.0 Å². The summed E-state index contributed by atoms with van der Waals surface area (Å²) in [7, 11) is -2.91. The van der Waals surface area contributed by atoms with Crippen LogP contribution in [0.4, 0.5) is 5.69 Å². The molecule has 0 saturated heterocycles. The Morgan fingerprint density at radius 1 is 0.826 bits per heavy atom. The molecule has 0 saturated carbocycles. The van der Waals surface area contributed by atoms with Crippen LogP contribution in [0.3, 0.4) is 0 Å². The number of hydrogen-bond acceptors (Lipinski definition) is 5. The Morgan fingerprint density at radius 2 is 1.46 bits per heavy atom. The normalized spacial score (nSPS) is 12.0. The van der Waals surface area contributed by atoms with Crippen molar-refractivity contribution < 1.29 is 22.7 Å². The molecule has 0 aromatic heterocycles. The van der Waals surface area contributed by atoms with Gasteiger partial charge in [-0.2, -0.15) is 0 Å². The van der Waals surface area contributed by atoms with Crippen LogP contribution < -0.4 is 14.4 Å². The maximum atomic E-state index is 14.6. The highest BCUT2D eigenvalue weighted by molar-refractivity contribution is 7.92. The molecule has 4 rings (SSSR count). The molecule has 0 spiro atoms. The minimum atomic E-state index is -4.31. The van der Waals surface area contributed by atoms with Crippen LogP contribution in [-0.4, -0.2) is 51.4 Å². The topological polar surface area (TPSA) is 96.0 Å². The summed E-state index contributed by atoms with van der Waals surface area (Å²) in [6.07, 6.45) is 0.197. The van der Waals surface area contributed by atoms with Crippen LogP contribution in [-0.2, 0) is 32.6 Å². The number of benzene rings is 4. The largest absolute Gasteiger partial charge is 0.495 e. The minimum absolute atomic E-state index is 0.00209. The van der Waals surface area contributed by atoms with E-state index in [-0.39, 0.29) is 46.1 Å². The van der Waals surface area contributed by atoms with Crippen molar-refractivity contribution in [2.75, 3.05) is 24.5 Å². The summed E-state index contributed by atoms with van der Waals surface area (Å²) in [4.78, 5) is 29.8. The average Bonchev–Trinajstić information content (AvgIpc) is 3.04. The highest BCUT2D eigenvalue weighted by Crippen LogP contribution is 2.35. The second-order valence-corrected chi connectivity index (χ2v) is 13.9. The molecule has 0 fully saturated rings. The molecular weight excluding hydrogens is 645 g/mol. The molecule has 242 valence electrons. The van der Waals surface area contributed by atoms with Crippen molar-refractivity contribution in [3.63, 3.8) is 0 Å². The monoisotopic (exact) mass is 681 g/mol. The van der Waals surface area contributed by atoms with E-state index < -0.39 is 28.5 Å². The summed E-state index contributed by atoms with van der Waals surface area (Å²) in [6, 6.07) is 27.7. The van der Waals surface area contributed by atoms with E-state index >= 15 is 0 Å². The molecular formula is C35H37Cl2N3O5S. The molecule has 11 heteroatoms. The number of anilines is 1. The third-order valence-electron chi connectivity index (χ3n) is 7.22. The SMILES string of the molecule is COc1ccc(Cl)cc1N(CC(=O)N(Cc1cccc(Cl)c1)[C@H](Cc1ccccc1)C(=O)NCC(C)C)S(=O)(=O)c1ccccc1. The van der Waals surface area contributed by atoms with E-state index in [1.54, 1.807) is 48.5 Å². The fraction of sp³-hybridized carbons (Fsp3) is 0.257. The van der Waals surface area contributed by atoms with Gasteiger partial charge in [0.05, 0.1) is 17.7 Å².